The van der Waals surface area contributed by atoms with E-state index in [-0.39, 0.29) is 22.9 Å². The van der Waals surface area contributed by atoms with Gasteiger partial charge in [-0.1, -0.05) is 17.7 Å². The Labute approximate surface area is 215 Å². The standard InChI is InChI=1S/C24H29Cl2N3O6/c1-6-32-19-12-10-11-18(23(19)35-9-4)29(26)24(31)20(15(5)30)28-27-17-14-13-16(25)21(33-7-2)22(17)34-8-3/h10-14,20H,6-9H2,1-5H3. The SMILES string of the molecule is CCOc1cccc(N(Cl)C(=O)C(N=Nc2ccc(Cl)c(OCC)c2OCC)C(C)=O)c1OCC. The highest BCUT2D eigenvalue weighted by Gasteiger charge is 2.31. The number of ketones is 1. The van der Waals surface area contributed by atoms with Gasteiger partial charge in [0.15, 0.2) is 28.8 Å². The van der Waals surface area contributed by atoms with Crippen LogP contribution in [0.4, 0.5) is 11.4 Å². The second-order valence-corrected chi connectivity index (χ2v) is 7.65. The van der Waals surface area contributed by atoms with Crippen molar-refractivity contribution >= 4 is 46.4 Å². The Balaban J connectivity index is 2.45. The molecule has 0 fully saturated rings. The van der Waals surface area contributed by atoms with Crippen molar-refractivity contribution in [3.8, 4) is 23.0 Å². The molecule has 2 aromatic carbocycles. The highest BCUT2D eigenvalue weighted by atomic mass is 35.5. The summed E-state index contributed by atoms with van der Waals surface area (Å²) in [4.78, 5) is 25.6. The average Bonchev–Trinajstić information content (AvgIpc) is 2.83. The van der Waals surface area contributed by atoms with E-state index in [0.29, 0.717) is 42.9 Å². The Kier molecular flexibility index (Phi) is 11.1. The van der Waals surface area contributed by atoms with Crippen LogP contribution < -0.4 is 23.4 Å². The lowest BCUT2D eigenvalue weighted by atomic mass is 10.2. The van der Waals surface area contributed by atoms with Gasteiger partial charge in [-0.05, 0) is 58.9 Å². The molecule has 190 valence electrons. The number of rotatable bonds is 13. The van der Waals surface area contributed by atoms with Crippen molar-refractivity contribution in [3.05, 3.63) is 35.4 Å². The van der Waals surface area contributed by atoms with Crippen LogP contribution in [0.3, 0.4) is 0 Å². The predicted octanol–water partition coefficient (Wildman–Crippen LogP) is 6.16. The topological polar surface area (TPSA) is 99.0 Å². The van der Waals surface area contributed by atoms with Crippen molar-refractivity contribution in [2.75, 3.05) is 30.8 Å². The third-order valence-electron chi connectivity index (χ3n) is 4.47. The molecule has 1 atom stereocenters. The first kappa shape index (κ1) is 28.2. The number of anilines is 1. The molecule has 2 rings (SSSR count). The molecule has 0 heterocycles. The molecule has 0 N–H and O–H groups in total. The number of carbonyl (C=O) groups excluding carboxylic acids is 2. The molecule has 11 heteroatoms. The summed E-state index contributed by atoms with van der Waals surface area (Å²) < 4.78 is 23.3. The van der Waals surface area contributed by atoms with Crippen LogP contribution in [-0.2, 0) is 9.59 Å². The smallest absolute Gasteiger partial charge is 0.276 e. The third kappa shape index (κ3) is 6.99. The minimum Gasteiger partial charge on any atom is -0.490 e. The number of hydrogen-bond donors (Lipinski definition) is 0. The van der Waals surface area contributed by atoms with Crippen molar-refractivity contribution in [3.63, 3.8) is 0 Å². The molecule has 0 spiro atoms. The van der Waals surface area contributed by atoms with Crippen molar-refractivity contribution in [1.82, 2.24) is 0 Å². The zero-order valence-corrected chi connectivity index (χ0v) is 21.9. The lowest BCUT2D eigenvalue weighted by molar-refractivity contribution is -0.126. The Morgan fingerprint density at radius 3 is 2.09 bits per heavy atom. The molecule has 0 saturated carbocycles. The molecular formula is C24H29Cl2N3O6. The fourth-order valence-corrected chi connectivity index (χ4v) is 3.47. The van der Waals surface area contributed by atoms with E-state index in [1.165, 1.54) is 6.92 Å². The van der Waals surface area contributed by atoms with Gasteiger partial charge >= 0.3 is 0 Å². The quantitative estimate of drug-likeness (QED) is 0.176. The number of halogens is 2. The van der Waals surface area contributed by atoms with E-state index in [9.17, 15) is 9.59 Å². The minimum atomic E-state index is -1.52. The molecule has 0 aliphatic heterocycles. The fourth-order valence-electron chi connectivity index (χ4n) is 3.04. The Hall–Kier alpha value is -3.04. The molecule has 0 aliphatic rings. The summed E-state index contributed by atoms with van der Waals surface area (Å²) in [5, 5.41) is 8.44. The number of carbonyl (C=O) groups is 2. The molecule has 2 aromatic rings. The van der Waals surface area contributed by atoms with Gasteiger partial charge in [-0.3, -0.25) is 9.59 Å². The first-order valence-corrected chi connectivity index (χ1v) is 11.9. The maximum Gasteiger partial charge on any atom is 0.276 e. The summed E-state index contributed by atoms with van der Waals surface area (Å²) in [7, 11) is 0. The van der Waals surface area contributed by atoms with Gasteiger partial charge < -0.3 is 18.9 Å². The van der Waals surface area contributed by atoms with Gasteiger partial charge in [0, 0.05) is 11.8 Å². The molecule has 0 bridgehead atoms. The predicted molar refractivity (Wildman–Crippen MR) is 135 cm³/mol. The second-order valence-electron chi connectivity index (χ2n) is 6.91. The summed E-state index contributed by atoms with van der Waals surface area (Å²) in [6.07, 6.45) is 0. The Morgan fingerprint density at radius 1 is 0.886 bits per heavy atom. The number of Topliss-reactive ketones (excluding diaryl/α,β-unsaturated/α-hetero) is 1. The summed E-state index contributed by atoms with van der Waals surface area (Å²) in [5.41, 5.74) is 0.458. The van der Waals surface area contributed by atoms with Gasteiger partial charge in [-0.15, -0.1) is 0 Å². The van der Waals surface area contributed by atoms with Crippen molar-refractivity contribution in [2.45, 2.75) is 40.7 Å². The summed E-state index contributed by atoms with van der Waals surface area (Å²) >= 11 is 12.6. The lowest BCUT2D eigenvalue weighted by Gasteiger charge is -2.21. The highest BCUT2D eigenvalue weighted by Crippen LogP contribution is 2.43. The molecule has 0 aromatic heterocycles. The summed E-state index contributed by atoms with van der Waals surface area (Å²) in [6.45, 7) is 9.78. The van der Waals surface area contributed by atoms with Crippen LogP contribution in [0.1, 0.15) is 34.6 Å². The van der Waals surface area contributed by atoms with E-state index in [1.807, 2.05) is 6.92 Å². The van der Waals surface area contributed by atoms with Gasteiger partial charge in [-0.2, -0.15) is 10.2 Å². The van der Waals surface area contributed by atoms with Gasteiger partial charge in [0.1, 0.15) is 11.4 Å². The van der Waals surface area contributed by atoms with Crippen LogP contribution in [0.15, 0.2) is 40.6 Å². The summed E-state index contributed by atoms with van der Waals surface area (Å²) in [6, 6.07) is 6.54. The van der Waals surface area contributed by atoms with Gasteiger partial charge in [0.05, 0.1) is 31.5 Å². The zero-order valence-electron chi connectivity index (χ0n) is 20.3. The van der Waals surface area contributed by atoms with E-state index < -0.39 is 17.7 Å². The number of azo groups is 1. The average molecular weight is 526 g/mol. The molecule has 0 aliphatic carbocycles. The molecule has 0 radical (unpaired) electrons. The normalized spacial score (nSPS) is 11.7. The molecule has 35 heavy (non-hydrogen) atoms. The first-order chi connectivity index (χ1) is 16.8. The molecular weight excluding hydrogens is 497 g/mol. The van der Waals surface area contributed by atoms with Gasteiger partial charge in [0.25, 0.3) is 5.91 Å². The first-order valence-electron chi connectivity index (χ1n) is 11.2. The van der Waals surface area contributed by atoms with E-state index in [4.69, 9.17) is 42.3 Å². The number of hydrogen-bond acceptors (Lipinski definition) is 8. The van der Waals surface area contributed by atoms with E-state index in [1.54, 1.807) is 51.1 Å². The molecule has 0 saturated heterocycles. The molecule has 1 unspecified atom stereocenters. The van der Waals surface area contributed by atoms with E-state index in [0.717, 1.165) is 4.42 Å². The van der Waals surface area contributed by atoms with Crippen LogP contribution in [0.25, 0.3) is 0 Å². The fraction of sp³-hybridized carbons (Fsp3) is 0.417. The van der Waals surface area contributed by atoms with Crippen LogP contribution >= 0.6 is 23.4 Å². The van der Waals surface area contributed by atoms with Gasteiger partial charge in [0.2, 0.25) is 6.04 Å². The maximum absolute atomic E-state index is 13.2. The van der Waals surface area contributed by atoms with Crippen molar-refractivity contribution < 1.29 is 28.5 Å². The Bertz CT molecular complexity index is 1060. The zero-order chi connectivity index (χ0) is 26.0. The minimum absolute atomic E-state index is 0.214. The number of ether oxygens (including phenoxy) is 4. The maximum atomic E-state index is 13.2. The third-order valence-corrected chi connectivity index (χ3v) is 5.12. The Morgan fingerprint density at radius 2 is 1.49 bits per heavy atom. The van der Waals surface area contributed by atoms with Crippen LogP contribution in [0.5, 0.6) is 23.0 Å². The van der Waals surface area contributed by atoms with Crippen LogP contribution in [-0.4, -0.2) is 44.2 Å². The molecule has 9 nitrogen and oxygen atoms in total. The number of nitrogens with zero attached hydrogens (tertiary/aromatic N) is 3. The highest BCUT2D eigenvalue weighted by molar-refractivity contribution is 6.39. The van der Waals surface area contributed by atoms with Crippen LogP contribution in [0, 0.1) is 0 Å². The lowest BCUT2D eigenvalue weighted by Crippen LogP contribution is -2.36. The largest absolute Gasteiger partial charge is 0.490 e. The number of amides is 1. The number of benzene rings is 2. The van der Waals surface area contributed by atoms with Crippen LogP contribution in [0.2, 0.25) is 5.02 Å². The van der Waals surface area contributed by atoms with Gasteiger partial charge in [-0.25, -0.2) is 4.42 Å². The summed E-state index contributed by atoms with van der Waals surface area (Å²) in [5.74, 6) is -0.124. The number of para-hydroxylation sites is 1. The van der Waals surface area contributed by atoms with E-state index in [2.05, 4.69) is 10.2 Å². The molecule has 1 amide bonds. The van der Waals surface area contributed by atoms with Crippen molar-refractivity contribution in [2.24, 2.45) is 10.2 Å². The van der Waals surface area contributed by atoms with Crippen molar-refractivity contribution in [1.29, 1.82) is 0 Å². The second kappa shape index (κ2) is 13.7. The van der Waals surface area contributed by atoms with E-state index >= 15 is 0 Å². The monoisotopic (exact) mass is 525 g/mol.